The Morgan fingerprint density at radius 3 is 2.70 bits per heavy atom. The first-order valence-corrected chi connectivity index (χ1v) is 6.40. The third-order valence-corrected chi connectivity index (χ3v) is 2.67. The maximum atomic E-state index is 13.1. The molecule has 0 bridgehead atoms. The molecule has 0 aliphatic heterocycles. The highest BCUT2D eigenvalue weighted by atomic mass is 32.1. The van der Waals surface area contributed by atoms with Gasteiger partial charge in [-0.05, 0) is 44.3 Å². The number of nitrogens with one attached hydrogen (secondary N) is 2. The largest absolute Gasteiger partial charge is 0.383 e. The van der Waals surface area contributed by atoms with Crippen LogP contribution in [0.3, 0.4) is 0 Å². The van der Waals surface area contributed by atoms with Crippen LogP contribution in [0.4, 0.5) is 8.78 Å². The molecule has 20 heavy (non-hydrogen) atoms. The van der Waals surface area contributed by atoms with E-state index in [4.69, 9.17) is 17.0 Å². The second-order valence-electron chi connectivity index (χ2n) is 4.27. The molecular weight excluding hydrogens is 284 g/mol. The van der Waals surface area contributed by atoms with E-state index in [-0.39, 0.29) is 6.04 Å². The summed E-state index contributed by atoms with van der Waals surface area (Å²) in [5, 5.41) is 7.30. The SMILES string of the molecule is COC[C@@H](C)NC(=S)N/N=C(/C)c1ccc(F)c(F)c1. The van der Waals surface area contributed by atoms with Crippen LogP contribution in [0.25, 0.3) is 0 Å². The highest BCUT2D eigenvalue weighted by molar-refractivity contribution is 7.80. The van der Waals surface area contributed by atoms with Gasteiger partial charge in [0, 0.05) is 18.7 Å². The van der Waals surface area contributed by atoms with Crippen LogP contribution >= 0.6 is 12.2 Å². The van der Waals surface area contributed by atoms with Crippen LogP contribution in [-0.2, 0) is 4.74 Å². The summed E-state index contributed by atoms with van der Waals surface area (Å²) in [5.41, 5.74) is 3.61. The van der Waals surface area contributed by atoms with Gasteiger partial charge in [0.15, 0.2) is 16.7 Å². The number of hydrogen-bond acceptors (Lipinski definition) is 3. The summed E-state index contributed by atoms with van der Waals surface area (Å²) in [6.07, 6.45) is 0. The lowest BCUT2D eigenvalue weighted by Crippen LogP contribution is -2.40. The fourth-order valence-corrected chi connectivity index (χ4v) is 1.71. The zero-order valence-electron chi connectivity index (χ0n) is 11.5. The molecular formula is C13H17F2N3OS. The number of nitrogens with zero attached hydrogens (tertiary/aromatic N) is 1. The van der Waals surface area contributed by atoms with E-state index in [0.717, 1.165) is 12.1 Å². The second-order valence-corrected chi connectivity index (χ2v) is 4.68. The summed E-state index contributed by atoms with van der Waals surface area (Å²) in [6.45, 7) is 4.08. The summed E-state index contributed by atoms with van der Waals surface area (Å²) in [4.78, 5) is 0. The lowest BCUT2D eigenvalue weighted by molar-refractivity contribution is 0.179. The Morgan fingerprint density at radius 2 is 2.10 bits per heavy atom. The lowest BCUT2D eigenvalue weighted by atomic mass is 10.1. The Hall–Kier alpha value is -1.60. The Labute approximate surface area is 122 Å². The molecule has 0 aromatic heterocycles. The summed E-state index contributed by atoms with van der Waals surface area (Å²) in [7, 11) is 1.60. The van der Waals surface area contributed by atoms with Crippen LogP contribution in [0.2, 0.25) is 0 Å². The third-order valence-electron chi connectivity index (χ3n) is 2.46. The van der Waals surface area contributed by atoms with E-state index >= 15 is 0 Å². The van der Waals surface area contributed by atoms with Gasteiger partial charge in [-0.2, -0.15) is 5.10 Å². The minimum atomic E-state index is -0.911. The zero-order chi connectivity index (χ0) is 15.1. The van der Waals surface area contributed by atoms with Crippen LogP contribution in [0.5, 0.6) is 0 Å². The van der Waals surface area contributed by atoms with Gasteiger partial charge >= 0.3 is 0 Å². The molecule has 0 unspecified atom stereocenters. The van der Waals surface area contributed by atoms with Crippen molar-refractivity contribution in [3.63, 3.8) is 0 Å². The van der Waals surface area contributed by atoms with Crippen molar-refractivity contribution in [1.82, 2.24) is 10.7 Å². The van der Waals surface area contributed by atoms with Gasteiger partial charge in [-0.3, -0.25) is 5.43 Å². The molecule has 110 valence electrons. The molecule has 0 radical (unpaired) electrons. The average Bonchev–Trinajstić information content (AvgIpc) is 2.39. The standard InChI is InChI=1S/C13H17F2N3OS/c1-8(7-19-3)16-13(20)18-17-9(2)10-4-5-11(14)12(15)6-10/h4-6,8H,7H2,1-3H3,(H2,16,18,20)/b17-9-/t8-/m1/s1. The molecule has 0 amide bonds. The first-order valence-electron chi connectivity index (χ1n) is 5.99. The smallest absolute Gasteiger partial charge is 0.187 e. The van der Waals surface area contributed by atoms with Crippen LogP contribution in [0.1, 0.15) is 19.4 Å². The van der Waals surface area contributed by atoms with Gasteiger partial charge in [0.05, 0.1) is 12.3 Å². The van der Waals surface area contributed by atoms with Gasteiger partial charge in [0.2, 0.25) is 0 Å². The minimum absolute atomic E-state index is 0.0405. The van der Waals surface area contributed by atoms with E-state index in [9.17, 15) is 8.78 Å². The summed E-state index contributed by atoms with van der Waals surface area (Å²) in [6, 6.07) is 3.63. The predicted molar refractivity (Wildman–Crippen MR) is 78.8 cm³/mol. The normalized spacial score (nSPS) is 12.9. The zero-order valence-corrected chi connectivity index (χ0v) is 12.4. The first-order chi connectivity index (χ1) is 9.43. The number of hydrogen-bond donors (Lipinski definition) is 2. The van der Waals surface area contributed by atoms with Gasteiger partial charge in [0.25, 0.3) is 0 Å². The number of benzene rings is 1. The van der Waals surface area contributed by atoms with Crippen molar-refractivity contribution in [2.75, 3.05) is 13.7 Å². The van der Waals surface area contributed by atoms with Gasteiger partial charge in [0.1, 0.15) is 0 Å². The molecule has 2 N–H and O–H groups in total. The molecule has 1 aromatic carbocycles. The van der Waals surface area contributed by atoms with Crippen molar-refractivity contribution in [2.45, 2.75) is 19.9 Å². The minimum Gasteiger partial charge on any atom is -0.383 e. The molecule has 0 saturated carbocycles. The number of rotatable bonds is 5. The van der Waals surface area contributed by atoms with Crippen molar-refractivity contribution < 1.29 is 13.5 Å². The Balaban J connectivity index is 2.60. The van der Waals surface area contributed by atoms with Crippen LogP contribution in [0, 0.1) is 11.6 Å². The van der Waals surface area contributed by atoms with E-state index in [1.807, 2.05) is 6.92 Å². The molecule has 0 fully saturated rings. The molecule has 0 aliphatic carbocycles. The quantitative estimate of drug-likeness (QED) is 0.497. The van der Waals surface area contributed by atoms with Gasteiger partial charge in [-0.25, -0.2) is 8.78 Å². The maximum absolute atomic E-state index is 13.1. The summed E-state index contributed by atoms with van der Waals surface area (Å²) >= 11 is 5.04. The Kier molecular flexibility index (Phi) is 6.47. The number of halogens is 2. The number of thiocarbonyl (C=S) groups is 1. The number of ether oxygens (including phenoxy) is 1. The fourth-order valence-electron chi connectivity index (χ4n) is 1.47. The fraction of sp³-hybridized carbons (Fsp3) is 0.385. The molecule has 1 atom stereocenters. The van der Waals surface area contributed by atoms with Crippen LogP contribution in [-0.4, -0.2) is 30.6 Å². The third kappa shape index (κ3) is 5.18. The first kappa shape index (κ1) is 16.5. The Bertz CT molecular complexity index is 508. The van der Waals surface area contributed by atoms with Crippen molar-refractivity contribution in [3.05, 3.63) is 35.4 Å². The highest BCUT2D eigenvalue weighted by Crippen LogP contribution is 2.09. The molecule has 0 heterocycles. The summed E-state index contributed by atoms with van der Waals surface area (Å²) in [5.74, 6) is -1.80. The van der Waals surface area contributed by atoms with E-state index < -0.39 is 11.6 Å². The molecule has 0 saturated heterocycles. The van der Waals surface area contributed by atoms with Crippen molar-refractivity contribution in [1.29, 1.82) is 0 Å². The van der Waals surface area contributed by atoms with Crippen LogP contribution < -0.4 is 10.7 Å². The molecule has 1 aromatic rings. The van der Waals surface area contributed by atoms with Gasteiger partial charge in [-0.1, -0.05) is 0 Å². The average molecular weight is 301 g/mol. The van der Waals surface area contributed by atoms with Gasteiger partial charge < -0.3 is 10.1 Å². The Morgan fingerprint density at radius 1 is 1.40 bits per heavy atom. The highest BCUT2D eigenvalue weighted by Gasteiger charge is 2.06. The number of hydrazone groups is 1. The molecule has 7 heteroatoms. The molecule has 4 nitrogen and oxygen atoms in total. The van der Waals surface area contributed by atoms with E-state index in [1.165, 1.54) is 6.07 Å². The molecule has 0 spiro atoms. The number of methoxy groups -OCH3 is 1. The van der Waals surface area contributed by atoms with Gasteiger partial charge in [-0.15, -0.1) is 0 Å². The van der Waals surface area contributed by atoms with E-state index in [0.29, 0.717) is 23.0 Å². The molecule has 0 aliphatic rings. The van der Waals surface area contributed by atoms with Crippen molar-refractivity contribution >= 4 is 23.0 Å². The topological polar surface area (TPSA) is 45.6 Å². The predicted octanol–water partition coefficient (Wildman–Crippen LogP) is 2.19. The van der Waals surface area contributed by atoms with Crippen LogP contribution in [0.15, 0.2) is 23.3 Å². The monoisotopic (exact) mass is 301 g/mol. The van der Waals surface area contributed by atoms with E-state index in [1.54, 1.807) is 14.0 Å². The lowest BCUT2D eigenvalue weighted by Gasteiger charge is -2.14. The van der Waals surface area contributed by atoms with E-state index in [2.05, 4.69) is 15.8 Å². The summed E-state index contributed by atoms with van der Waals surface area (Å²) < 4.78 is 30.9. The second kappa shape index (κ2) is 7.86. The van der Waals surface area contributed by atoms with Crippen molar-refractivity contribution in [3.8, 4) is 0 Å². The maximum Gasteiger partial charge on any atom is 0.187 e. The van der Waals surface area contributed by atoms with Crippen molar-refractivity contribution in [2.24, 2.45) is 5.10 Å². The molecule has 1 rings (SSSR count).